The molecule has 1 atom stereocenters. The lowest BCUT2D eigenvalue weighted by Crippen LogP contribution is -2.22. The van der Waals surface area contributed by atoms with Crippen molar-refractivity contribution in [3.63, 3.8) is 0 Å². The summed E-state index contributed by atoms with van der Waals surface area (Å²) in [6, 6.07) is 7.92. The molecule has 78 valence electrons. The predicted molar refractivity (Wildman–Crippen MR) is 58.7 cm³/mol. The molecule has 0 spiro atoms. The van der Waals surface area contributed by atoms with E-state index < -0.39 is 0 Å². The van der Waals surface area contributed by atoms with Crippen molar-refractivity contribution < 1.29 is 5.11 Å². The van der Waals surface area contributed by atoms with E-state index >= 15 is 0 Å². The molecule has 1 aromatic rings. The van der Waals surface area contributed by atoms with E-state index in [1.807, 2.05) is 25.1 Å². The summed E-state index contributed by atoms with van der Waals surface area (Å²) >= 11 is 0. The molecular weight excluding hydrogens is 188 g/mol. The molecular formula is C12H14N2O. The highest BCUT2D eigenvalue weighted by Gasteiger charge is 2.23. The van der Waals surface area contributed by atoms with Gasteiger partial charge in [-0.15, -0.1) is 0 Å². The minimum absolute atomic E-state index is 0.254. The second kappa shape index (κ2) is 3.92. The molecule has 1 aliphatic heterocycles. The van der Waals surface area contributed by atoms with Crippen LogP contribution in [0.5, 0.6) is 0 Å². The fourth-order valence-corrected chi connectivity index (χ4v) is 2.11. The Morgan fingerprint density at radius 1 is 1.53 bits per heavy atom. The van der Waals surface area contributed by atoms with E-state index in [0.29, 0.717) is 12.1 Å². The first-order valence-electron chi connectivity index (χ1n) is 5.15. The molecule has 15 heavy (non-hydrogen) atoms. The zero-order chi connectivity index (χ0) is 10.8. The van der Waals surface area contributed by atoms with Gasteiger partial charge in [0.15, 0.2) is 0 Å². The fraction of sp³-hybridized carbons (Fsp3) is 0.417. The van der Waals surface area contributed by atoms with E-state index in [9.17, 15) is 5.11 Å². The number of anilines is 1. The molecule has 1 N–H and O–H groups in total. The van der Waals surface area contributed by atoms with Crippen LogP contribution in [0.25, 0.3) is 0 Å². The van der Waals surface area contributed by atoms with Crippen molar-refractivity contribution in [1.82, 2.24) is 0 Å². The summed E-state index contributed by atoms with van der Waals surface area (Å²) in [7, 11) is 0. The molecule has 3 nitrogen and oxygen atoms in total. The molecule has 1 heterocycles. The van der Waals surface area contributed by atoms with Gasteiger partial charge in [0, 0.05) is 13.1 Å². The van der Waals surface area contributed by atoms with Crippen molar-refractivity contribution in [2.75, 3.05) is 18.0 Å². The molecule has 1 aromatic carbocycles. The maximum absolute atomic E-state index is 9.49. The van der Waals surface area contributed by atoms with Crippen LogP contribution in [0, 0.1) is 18.3 Å². The minimum atomic E-state index is -0.254. The number of aliphatic hydroxyl groups is 1. The smallest absolute Gasteiger partial charge is 0.101 e. The van der Waals surface area contributed by atoms with E-state index in [1.165, 1.54) is 0 Å². The van der Waals surface area contributed by atoms with E-state index in [1.54, 1.807) is 0 Å². The van der Waals surface area contributed by atoms with E-state index in [2.05, 4.69) is 11.0 Å². The van der Waals surface area contributed by atoms with Crippen LogP contribution < -0.4 is 4.90 Å². The fourth-order valence-electron chi connectivity index (χ4n) is 2.11. The number of hydrogen-bond acceptors (Lipinski definition) is 3. The normalized spacial score (nSPS) is 20.3. The molecule has 1 saturated heterocycles. The van der Waals surface area contributed by atoms with Gasteiger partial charge in [0.05, 0.1) is 17.4 Å². The second-order valence-corrected chi connectivity index (χ2v) is 3.97. The van der Waals surface area contributed by atoms with Gasteiger partial charge < -0.3 is 10.0 Å². The summed E-state index contributed by atoms with van der Waals surface area (Å²) in [5.74, 6) is 0. The van der Waals surface area contributed by atoms with Gasteiger partial charge in [0.25, 0.3) is 0 Å². The highest BCUT2D eigenvalue weighted by atomic mass is 16.3. The number of nitriles is 1. The maximum Gasteiger partial charge on any atom is 0.101 e. The highest BCUT2D eigenvalue weighted by molar-refractivity contribution is 5.64. The van der Waals surface area contributed by atoms with Crippen LogP contribution in [0.15, 0.2) is 18.2 Å². The molecule has 1 fully saturated rings. The van der Waals surface area contributed by atoms with Crippen LogP contribution in [0.1, 0.15) is 17.5 Å². The summed E-state index contributed by atoms with van der Waals surface area (Å²) in [6.07, 6.45) is 0.537. The van der Waals surface area contributed by atoms with Crippen LogP contribution in [-0.2, 0) is 0 Å². The van der Waals surface area contributed by atoms with Gasteiger partial charge in [-0.2, -0.15) is 5.26 Å². The zero-order valence-electron chi connectivity index (χ0n) is 8.77. The largest absolute Gasteiger partial charge is 0.391 e. The molecule has 2 rings (SSSR count). The number of nitrogens with zero attached hydrogens (tertiary/aromatic N) is 2. The minimum Gasteiger partial charge on any atom is -0.391 e. The summed E-state index contributed by atoms with van der Waals surface area (Å²) < 4.78 is 0. The van der Waals surface area contributed by atoms with Crippen molar-refractivity contribution >= 4 is 5.69 Å². The third-order valence-electron chi connectivity index (χ3n) is 2.84. The molecule has 1 unspecified atom stereocenters. The summed E-state index contributed by atoms with van der Waals surface area (Å²) in [5.41, 5.74) is 2.78. The first-order chi connectivity index (χ1) is 7.22. The lowest BCUT2D eigenvalue weighted by Gasteiger charge is -2.21. The number of rotatable bonds is 1. The Morgan fingerprint density at radius 2 is 2.33 bits per heavy atom. The van der Waals surface area contributed by atoms with Crippen molar-refractivity contribution in [2.45, 2.75) is 19.4 Å². The Kier molecular flexibility index (Phi) is 2.61. The first kappa shape index (κ1) is 10.0. The quantitative estimate of drug-likeness (QED) is 0.749. The zero-order valence-corrected chi connectivity index (χ0v) is 8.77. The highest BCUT2D eigenvalue weighted by Crippen LogP contribution is 2.27. The number of hydrogen-bond donors (Lipinski definition) is 1. The second-order valence-electron chi connectivity index (χ2n) is 3.97. The number of aliphatic hydroxyl groups excluding tert-OH is 1. The van der Waals surface area contributed by atoms with Crippen molar-refractivity contribution in [3.05, 3.63) is 29.3 Å². The molecule has 0 amide bonds. The Bertz CT molecular complexity index is 409. The van der Waals surface area contributed by atoms with Gasteiger partial charge in [-0.05, 0) is 25.0 Å². The number of β-amino-alcohol motifs (C(OH)–C–C–N with tert-alkyl or cyclic N) is 1. The number of para-hydroxylation sites is 1. The maximum atomic E-state index is 9.49. The average Bonchev–Trinajstić information content (AvgIpc) is 2.64. The van der Waals surface area contributed by atoms with Gasteiger partial charge in [0.1, 0.15) is 6.07 Å². The number of aryl methyl sites for hydroxylation is 1. The Balaban J connectivity index is 2.39. The lowest BCUT2D eigenvalue weighted by atomic mass is 10.1. The van der Waals surface area contributed by atoms with Crippen molar-refractivity contribution in [2.24, 2.45) is 0 Å². The van der Waals surface area contributed by atoms with Gasteiger partial charge >= 0.3 is 0 Å². The summed E-state index contributed by atoms with van der Waals surface area (Å²) in [5, 5.41) is 18.5. The third-order valence-corrected chi connectivity index (χ3v) is 2.84. The molecule has 0 saturated carbocycles. The molecule has 1 aliphatic rings. The Morgan fingerprint density at radius 3 is 2.93 bits per heavy atom. The molecule has 0 radical (unpaired) electrons. The molecule has 0 aliphatic carbocycles. The van der Waals surface area contributed by atoms with Crippen molar-refractivity contribution in [3.8, 4) is 6.07 Å². The monoisotopic (exact) mass is 202 g/mol. The van der Waals surface area contributed by atoms with Crippen LogP contribution in [0.3, 0.4) is 0 Å². The predicted octanol–water partition coefficient (Wildman–Crippen LogP) is 1.44. The van der Waals surface area contributed by atoms with E-state index in [4.69, 9.17) is 5.26 Å². The van der Waals surface area contributed by atoms with Gasteiger partial charge in [-0.3, -0.25) is 0 Å². The van der Waals surface area contributed by atoms with Crippen LogP contribution >= 0.6 is 0 Å². The molecule has 0 bridgehead atoms. The van der Waals surface area contributed by atoms with E-state index in [0.717, 1.165) is 24.2 Å². The van der Waals surface area contributed by atoms with Crippen LogP contribution in [0.2, 0.25) is 0 Å². The molecule has 3 heteroatoms. The van der Waals surface area contributed by atoms with Crippen molar-refractivity contribution in [1.29, 1.82) is 5.26 Å². The summed E-state index contributed by atoms with van der Waals surface area (Å²) in [6.45, 7) is 3.47. The van der Waals surface area contributed by atoms with Crippen LogP contribution in [-0.4, -0.2) is 24.3 Å². The Labute approximate surface area is 89.6 Å². The van der Waals surface area contributed by atoms with E-state index in [-0.39, 0.29) is 6.10 Å². The topological polar surface area (TPSA) is 47.3 Å². The Hall–Kier alpha value is -1.53. The first-order valence-corrected chi connectivity index (χ1v) is 5.15. The lowest BCUT2D eigenvalue weighted by molar-refractivity contribution is 0.198. The van der Waals surface area contributed by atoms with Gasteiger partial charge in [-0.1, -0.05) is 12.1 Å². The van der Waals surface area contributed by atoms with Gasteiger partial charge in [-0.25, -0.2) is 0 Å². The SMILES string of the molecule is Cc1cccc(C#N)c1N1CCC(O)C1. The number of benzene rings is 1. The third kappa shape index (κ3) is 1.81. The van der Waals surface area contributed by atoms with Crippen LogP contribution in [0.4, 0.5) is 5.69 Å². The van der Waals surface area contributed by atoms with Gasteiger partial charge in [0.2, 0.25) is 0 Å². The standard InChI is InChI=1S/C12H14N2O/c1-9-3-2-4-10(7-13)12(9)14-6-5-11(15)8-14/h2-4,11,15H,5-6,8H2,1H3. The average molecular weight is 202 g/mol. The molecule has 0 aromatic heterocycles. The summed E-state index contributed by atoms with van der Waals surface area (Å²) in [4.78, 5) is 2.10.